The number of anilines is 1. The molecule has 0 heterocycles. The van der Waals surface area contributed by atoms with Crippen molar-refractivity contribution in [2.24, 2.45) is 11.0 Å². The number of nitrogens with one attached hydrogen (secondary N) is 1. The maximum Gasteiger partial charge on any atom is 0.459 e. The number of alkyl halides is 11. The summed E-state index contributed by atoms with van der Waals surface area (Å²) < 4.78 is 139. The van der Waals surface area contributed by atoms with E-state index in [0.29, 0.717) is 0 Å². The Morgan fingerprint density at radius 3 is 1.56 bits per heavy atom. The van der Waals surface area contributed by atoms with E-state index in [1.807, 2.05) is 0 Å². The van der Waals surface area contributed by atoms with Gasteiger partial charge < -0.3 is 0 Å². The van der Waals surface area contributed by atoms with Crippen LogP contribution in [0, 0.1) is 5.92 Å². The van der Waals surface area contributed by atoms with E-state index in [4.69, 9.17) is 0 Å². The van der Waals surface area contributed by atoms with Crippen LogP contribution in [-0.4, -0.2) is 30.2 Å². The summed E-state index contributed by atoms with van der Waals surface area (Å²) in [6.07, 6.45) is -19.7. The van der Waals surface area contributed by atoms with E-state index in [9.17, 15) is 48.3 Å². The Morgan fingerprint density at radius 1 is 0.760 bits per heavy atom. The Labute approximate surface area is 132 Å². The number of benzene rings is 1. The second-order valence-corrected chi connectivity index (χ2v) is 4.56. The lowest BCUT2D eigenvalue weighted by Crippen LogP contribution is -2.55. The number of halogens is 11. The summed E-state index contributed by atoms with van der Waals surface area (Å²) in [5.41, 5.74) is -2.50. The van der Waals surface area contributed by atoms with Gasteiger partial charge in [0.1, 0.15) is 5.71 Å². The van der Waals surface area contributed by atoms with Crippen LogP contribution >= 0.6 is 0 Å². The molecule has 0 aromatic heterocycles. The van der Waals surface area contributed by atoms with Gasteiger partial charge in [-0.1, -0.05) is 18.2 Å². The molecule has 0 radical (unpaired) electrons. The van der Waals surface area contributed by atoms with Gasteiger partial charge in [-0.15, -0.1) is 0 Å². The van der Waals surface area contributed by atoms with Crippen molar-refractivity contribution in [3.8, 4) is 0 Å². The van der Waals surface area contributed by atoms with Crippen molar-refractivity contribution in [2.75, 3.05) is 5.43 Å². The third-order valence-electron chi connectivity index (χ3n) is 2.69. The van der Waals surface area contributed by atoms with Gasteiger partial charge in [-0.05, 0) is 12.1 Å². The quantitative estimate of drug-likeness (QED) is 0.417. The standard InChI is InChI=1S/C12H7F11N2/c13-9(14,12(21,22)23)8(7(10(15,16)17)11(18,19)20)25-24-6-4-2-1-3-5-6/h1-5,7,24H/b25-8-. The van der Waals surface area contributed by atoms with E-state index in [1.165, 1.54) is 23.6 Å². The summed E-state index contributed by atoms with van der Waals surface area (Å²) in [5.74, 6) is -11.6. The van der Waals surface area contributed by atoms with Gasteiger partial charge in [0, 0.05) is 0 Å². The van der Waals surface area contributed by atoms with Crippen molar-refractivity contribution >= 4 is 11.4 Å². The SMILES string of the molecule is FC(F)(F)C(/C(=N/Nc1ccccc1)C(F)(F)C(F)(F)F)C(F)(F)F. The topological polar surface area (TPSA) is 24.4 Å². The predicted molar refractivity (Wildman–Crippen MR) is 64.1 cm³/mol. The number of rotatable bonds is 4. The van der Waals surface area contributed by atoms with Crippen molar-refractivity contribution < 1.29 is 48.3 Å². The first-order chi connectivity index (χ1) is 11.1. The minimum absolute atomic E-state index is 0.402. The van der Waals surface area contributed by atoms with E-state index in [0.717, 1.165) is 12.1 Å². The fraction of sp³-hybridized carbons (Fsp3) is 0.417. The number of hydrazone groups is 1. The van der Waals surface area contributed by atoms with Crippen molar-refractivity contribution in [3.63, 3.8) is 0 Å². The fourth-order valence-electron chi connectivity index (χ4n) is 1.59. The Hall–Kier alpha value is -2.08. The highest BCUT2D eigenvalue weighted by Gasteiger charge is 2.71. The molecule has 0 aliphatic carbocycles. The Bertz CT molecular complexity index is 584. The maximum atomic E-state index is 13.3. The third-order valence-corrected chi connectivity index (χ3v) is 2.69. The molecule has 1 rings (SSSR count). The zero-order chi connectivity index (χ0) is 19.7. The number of para-hydroxylation sites is 1. The molecule has 0 bridgehead atoms. The van der Waals surface area contributed by atoms with E-state index in [1.54, 1.807) is 0 Å². The molecule has 0 unspecified atom stereocenters. The van der Waals surface area contributed by atoms with Crippen LogP contribution in [0.5, 0.6) is 0 Å². The molecule has 142 valence electrons. The molecule has 13 heteroatoms. The van der Waals surface area contributed by atoms with Gasteiger partial charge in [0.05, 0.1) is 5.69 Å². The first-order valence-electron chi connectivity index (χ1n) is 6.05. The lowest BCUT2D eigenvalue weighted by molar-refractivity contribution is -0.280. The van der Waals surface area contributed by atoms with Crippen molar-refractivity contribution in [2.45, 2.75) is 24.5 Å². The minimum atomic E-state index is -6.72. The molecule has 0 spiro atoms. The number of hydrogen-bond donors (Lipinski definition) is 1. The summed E-state index contributed by atoms with van der Waals surface area (Å²) in [6.45, 7) is 0. The van der Waals surface area contributed by atoms with Crippen LogP contribution in [0.3, 0.4) is 0 Å². The highest BCUT2D eigenvalue weighted by Crippen LogP contribution is 2.47. The molecule has 0 aliphatic rings. The number of hydrogen-bond acceptors (Lipinski definition) is 2. The second kappa shape index (κ2) is 6.67. The molecule has 0 fully saturated rings. The molecule has 0 amide bonds. The lowest BCUT2D eigenvalue weighted by Gasteiger charge is -2.29. The first kappa shape index (κ1) is 21.0. The van der Waals surface area contributed by atoms with Crippen molar-refractivity contribution in [1.82, 2.24) is 0 Å². The van der Waals surface area contributed by atoms with Gasteiger partial charge in [0.15, 0.2) is 5.92 Å². The van der Waals surface area contributed by atoms with E-state index < -0.39 is 41.8 Å². The van der Waals surface area contributed by atoms with Crippen LogP contribution in [0.1, 0.15) is 0 Å². The van der Waals surface area contributed by atoms with Crippen LogP contribution in [0.4, 0.5) is 54.0 Å². The fourth-order valence-corrected chi connectivity index (χ4v) is 1.59. The Morgan fingerprint density at radius 2 is 1.20 bits per heavy atom. The van der Waals surface area contributed by atoms with E-state index >= 15 is 0 Å². The maximum absolute atomic E-state index is 13.3. The molecule has 0 atom stereocenters. The molecule has 2 nitrogen and oxygen atoms in total. The first-order valence-corrected chi connectivity index (χ1v) is 6.05. The molecule has 25 heavy (non-hydrogen) atoms. The lowest BCUT2D eigenvalue weighted by atomic mass is 9.96. The molecule has 1 N–H and O–H groups in total. The van der Waals surface area contributed by atoms with Gasteiger partial charge in [0.2, 0.25) is 0 Å². The normalized spacial score (nSPS) is 14.8. The Kier molecular flexibility index (Phi) is 5.59. The summed E-state index contributed by atoms with van der Waals surface area (Å²) in [5, 5.41) is 2.12. The molecule has 1 aromatic rings. The average molecular weight is 388 g/mol. The van der Waals surface area contributed by atoms with Gasteiger partial charge in [-0.2, -0.15) is 53.4 Å². The van der Waals surface area contributed by atoms with Gasteiger partial charge in [-0.3, -0.25) is 5.43 Å². The van der Waals surface area contributed by atoms with E-state index in [-0.39, 0.29) is 0 Å². The molecule has 1 aromatic carbocycles. The van der Waals surface area contributed by atoms with Crippen molar-refractivity contribution in [3.05, 3.63) is 30.3 Å². The molecule has 0 saturated carbocycles. The zero-order valence-electron chi connectivity index (χ0n) is 11.6. The summed E-state index contributed by atoms with van der Waals surface area (Å²) in [4.78, 5) is 0. The van der Waals surface area contributed by atoms with Crippen LogP contribution in [0.25, 0.3) is 0 Å². The molecular formula is C12H7F11N2. The van der Waals surface area contributed by atoms with Gasteiger partial charge in [-0.25, -0.2) is 0 Å². The van der Waals surface area contributed by atoms with Crippen LogP contribution in [-0.2, 0) is 0 Å². The average Bonchev–Trinajstić information content (AvgIpc) is 2.40. The monoisotopic (exact) mass is 388 g/mol. The highest BCUT2D eigenvalue weighted by atomic mass is 19.4. The Balaban J connectivity index is 3.51. The summed E-state index contributed by atoms with van der Waals surface area (Å²) in [7, 11) is 0. The smallest absolute Gasteiger partial charge is 0.278 e. The second-order valence-electron chi connectivity index (χ2n) is 4.56. The van der Waals surface area contributed by atoms with Gasteiger partial charge in [0.25, 0.3) is 0 Å². The summed E-state index contributed by atoms with van der Waals surface area (Å²) in [6, 6.07) is 5.66. The number of nitrogens with zero attached hydrogens (tertiary/aromatic N) is 1. The van der Waals surface area contributed by atoms with E-state index in [2.05, 4.69) is 5.10 Å². The third kappa shape index (κ3) is 4.95. The van der Waals surface area contributed by atoms with Crippen LogP contribution in [0.2, 0.25) is 0 Å². The summed E-state index contributed by atoms with van der Waals surface area (Å²) >= 11 is 0. The van der Waals surface area contributed by atoms with Crippen molar-refractivity contribution in [1.29, 1.82) is 0 Å². The molecular weight excluding hydrogens is 381 g/mol. The molecule has 0 saturated heterocycles. The van der Waals surface area contributed by atoms with Crippen LogP contribution in [0.15, 0.2) is 35.4 Å². The zero-order valence-corrected chi connectivity index (χ0v) is 11.6. The van der Waals surface area contributed by atoms with Gasteiger partial charge >= 0.3 is 24.5 Å². The molecule has 0 aliphatic heterocycles. The highest BCUT2D eigenvalue weighted by molar-refractivity contribution is 5.95. The predicted octanol–water partition coefficient (Wildman–Crippen LogP) is 5.39. The minimum Gasteiger partial charge on any atom is -0.278 e. The van der Waals surface area contributed by atoms with Crippen LogP contribution < -0.4 is 5.43 Å². The largest absolute Gasteiger partial charge is 0.459 e.